The van der Waals surface area contributed by atoms with Crippen molar-refractivity contribution in [1.29, 1.82) is 0 Å². The maximum Gasteiger partial charge on any atom is 0.246 e. The van der Waals surface area contributed by atoms with Crippen LogP contribution in [0.1, 0.15) is 41.5 Å². The molecule has 2 aliphatic heterocycles. The zero-order chi connectivity index (χ0) is 28.4. The zero-order valence-corrected chi connectivity index (χ0v) is 24.1. The fourth-order valence-electron chi connectivity index (χ4n) is 8.93. The van der Waals surface area contributed by atoms with Crippen LogP contribution in [0, 0.1) is 0 Å². The smallest absolute Gasteiger partial charge is 0.246 e. The second-order valence-electron chi connectivity index (χ2n) is 12.5. The van der Waals surface area contributed by atoms with Gasteiger partial charge in [-0.3, -0.25) is 9.69 Å². The van der Waals surface area contributed by atoms with Crippen LogP contribution in [-0.2, 0) is 23.1 Å². The number of furan rings is 1. The van der Waals surface area contributed by atoms with Crippen molar-refractivity contribution in [2.45, 2.75) is 61.2 Å². The Kier molecular flexibility index (Phi) is 6.28. The monoisotopic (exact) mass is 553 g/mol. The summed E-state index contributed by atoms with van der Waals surface area (Å²) < 4.78 is 12.0. The van der Waals surface area contributed by atoms with Crippen molar-refractivity contribution >= 4 is 12.0 Å². The van der Waals surface area contributed by atoms with Crippen LogP contribution >= 0.6 is 0 Å². The molecule has 2 fully saturated rings. The number of likely N-dealkylation sites (tertiary alicyclic amines) is 1. The number of carbonyl (C=O) groups excluding carboxylic acids is 1. The molecule has 214 valence electrons. The van der Waals surface area contributed by atoms with Gasteiger partial charge in [-0.1, -0.05) is 36.4 Å². The Labute approximate surface area is 242 Å². The molecular weight excluding hydrogens is 514 g/mol. The normalized spacial score (nSPS) is 29.9. The van der Waals surface area contributed by atoms with Gasteiger partial charge in [-0.05, 0) is 82.1 Å². The van der Waals surface area contributed by atoms with Gasteiger partial charge >= 0.3 is 0 Å². The minimum atomic E-state index is -0.322. The van der Waals surface area contributed by atoms with Gasteiger partial charge in [0.15, 0.2) is 11.5 Å². The third-order valence-corrected chi connectivity index (χ3v) is 10.7. The Morgan fingerprint density at radius 2 is 1.95 bits per heavy atom. The molecule has 7 heteroatoms. The lowest BCUT2D eigenvalue weighted by Crippen LogP contribution is -2.82. The lowest BCUT2D eigenvalue weighted by atomic mass is 9.46. The number of phenolic OH excluding ortho intramolecular Hbond substituents is 1. The molecule has 3 heterocycles. The number of hydrogen-bond acceptors (Lipinski definition) is 6. The van der Waals surface area contributed by atoms with Gasteiger partial charge in [0.2, 0.25) is 5.91 Å². The predicted octanol–water partition coefficient (Wildman–Crippen LogP) is 4.49. The van der Waals surface area contributed by atoms with Gasteiger partial charge in [0.25, 0.3) is 0 Å². The molecule has 1 aromatic heterocycles. The number of ether oxygens (including phenoxy) is 1. The zero-order valence-electron chi connectivity index (χ0n) is 24.1. The molecular formula is C34H39N3O4. The molecule has 41 heavy (non-hydrogen) atoms. The van der Waals surface area contributed by atoms with E-state index in [1.165, 1.54) is 16.7 Å². The highest BCUT2D eigenvalue weighted by Crippen LogP contribution is 2.67. The van der Waals surface area contributed by atoms with Crippen LogP contribution < -0.4 is 4.74 Å². The van der Waals surface area contributed by atoms with Gasteiger partial charge in [-0.2, -0.15) is 0 Å². The number of likely N-dealkylation sites (N-methyl/N-ethyl adjacent to an activating group) is 2. The van der Waals surface area contributed by atoms with Gasteiger partial charge in [0.05, 0.1) is 24.0 Å². The fraction of sp³-hybridized carbons (Fsp3) is 0.441. The van der Waals surface area contributed by atoms with E-state index in [2.05, 4.69) is 60.3 Å². The molecule has 2 bridgehead atoms. The largest absolute Gasteiger partial charge is 0.504 e. The summed E-state index contributed by atoms with van der Waals surface area (Å²) >= 11 is 0. The molecule has 2 aromatic carbocycles. The van der Waals surface area contributed by atoms with Crippen LogP contribution in [0.15, 0.2) is 71.6 Å². The third-order valence-electron chi connectivity index (χ3n) is 10.7. The van der Waals surface area contributed by atoms with Gasteiger partial charge in [0, 0.05) is 42.4 Å². The third kappa shape index (κ3) is 3.75. The number of aromatic hydroxyl groups is 1. The van der Waals surface area contributed by atoms with Gasteiger partial charge in [-0.15, -0.1) is 0 Å². The number of piperidine rings is 1. The molecule has 3 aromatic rings. The Morgan fingerprint density at radius 3 is 2.71 bits per heavy atom. The first-order valence-corrected chi connectivity index (χ1v) is 14.8. The van der Waals surface area contributed by atoms with Gasteiger partial charge in [-0.25, -0.2) is 0 Å². The Hall–Kier alpha value is -3.55. The Bertz CT molecular complexity index is 1470. The van der Waals surface area contributed by atoms with Crippen LogP contribution in [0.3, 0.4) is 0 Å². The van der Waals surface area contributed by atoms with Crippen LogP contribution in [0.2, 0.25) is 0 Å². The van der Waals surface area contributed by atoms with Crippen molar-refractivity contribution < 1.29 is 19.1 Å². The summed E-state index contributed by atoms with van der Waals surface area (Å²) in [7, 11) is 6.34. The molecule has 5 atom stereocenters. The second-order valence-corrected chi connectivity index (χ2v) is 12.5. The van der Waals surface area contributed by atoms with E-state index >= 15 is 0 Å². The van der Waals surface area contributed by atoms with Crippen LogP contribution in [0.25, 0.3) is 6.08 Å². The number of hydrogen-bond donors (Lipinski definition) is 1. The summed E-state index contributed by atoms with van der Waals surface area (Å²) in [6, 6.07) is 16.7. The molecule has 1 saturated carbocycles. The molecule has 1 N–H and O–H groups in total. The first kappa shape index (κ1) is 26.4. The lowest BCUT2D eigenvalue weighted by molar-refractivity contribution is -0.160. The highest BCUT2D eigenvalue weighted by Gasteiger charge is 2.74. The highest BCUT2D eigenvalue weighted by molar-refractivity contribution is 5.92. The second kappa shape index (κ2) is 9.78. The number of phenols is 1. The first-order chi connectivity index (χ1) is 19.9. The lowest BCUT2D eigenvalue weighted by Gasteiger charge is -2.69. The number of nitrogens with zero attached hydrogens (tertiary/aromatic N) is 3. The minimum Gasteiger partial charge on any atom is -0.504 e. The molecule has 1 spiro atoms. The van der Waals surface area contributed by atoms with Crippen LogP contribution in [0.4, 0.5) is 0 Å². The first-order valence-electron chi connectivity index (χ1n) is 14.8. The molecule has 1 amide bonds. The van der Waals surface area contributed by atoms with Crippen molar-refractivity contribution in [1.82, 2.24) is 14.7 Å². The quantitative estimate of drug-likeness (QED) is 0.435. The number of amides is 1. The summed E-state index contributed by atoms with van der Waals surface area (Å²) in [5.74, 6) is 0.788. The average molecular weight is 554 g/mol. The summed E-state index contributed by atoms with van der Waals surface area (Å²) in [6.45, 7) is 1.97. The van der Waals surface area contributed by atoms with E-state index in [0.29, 0.717) is 11.8 Å². The van der Waals surface area contributed by atoms with E-state index in [1.54, 1.807) is 30.7 Å². The molecule has 7 nitrogen and oxygen atoms in total. The minimum absolute atomic E-state index is 0.0541. The van der Waals surface area contributed by atoms with Crippen LogP contribution in [-0.4, -0.2) is 83.7 Å². The van der Waals surface area contributed by atoms with Crippen molar-refractivity contribution in [3.8, 4) is 11.5 Å². The van der Waals surface area contributed by atoms with Crippen molar-refractivity contribution in [3.63, 3.8) is 0 Å². The number of carbonyl (C=O) groups is 1. The van der Waals surface area contributed by atoms with E-state index in [4.69, 9.17) is 9.15 Å². The van der Waals surface area contributed by atoms with Crippen LogP contribution in [0.5, 0.6) is 11.5 Å². The summed E-state index contributed by atoms with van der Waals surface area (Å²) in [6.07, 6.45) is 11.1. The van der Waals surface area contributed by atoms with Gasteiger partial charge < -0.3 is 24.1 Å². The van der Waals surface area contributed by atoms with Crippen molar-refractivity contribution in [2.75, 3.05) is 34.2 Å². The van der Waals surface area contributed by atoms with Crippen molar-refractivity contribution in [3.05, 3.63) is 89.4 Å². The predicted molar refractivity (Wildman–Crippen MR) is 158 cm³/mol. The maximum absolute atomic E-state index is 13.5. The molecule has 7 rings (SSSR count). The topological polar surface area (TPSA) is 69.4 Å². The van der Waals surface area contributed by atoms with E-state index < -0.39 is 0 Å². The molecule has 0 radical (unpaired) electrons. The number of benzene rings is 2. The van der Waals surface area contributed by atoms with E-state index in [0.717, 1.165) is 50.8 Å². The highest BCUT2D eigenvalue weighted by atomic mass is 16.5. The summed E-state index contributed by atoms with van der Waals surface area (Å²) in [4.78, 5) is 20.5. The Balaban J connectivity index is 1.28. The summed E-state index contributed by atoms with van der Waals surface area (Å²) in [5.41, 5.74) is 4.20. The summed E-state index contributed by atoms with van der Waals surface area (Å²) in [5, 5.41) is 11.1. The Morgan fingerprint density at radius 1 is 1.12 bits per heavy atom. The van der Waals surface area contributed by atoms with E-state index in [1.807, 2.05) is 18.0 Å². The van der Waals surface area contributed by atoms with Gasteiger partial charge in [0.1, 0.15) is 6.10 Å². The van der Waals surface area contributed by atoms with E-state index in [-0.39, 0.29) is 34.8 Å². The molecule has 0 unspecified atom stereocenters. The standard InChI is InChI=1S/C34H39N3O4/c1-35(2)34-16-13-26(36(3)29(39)12-9-24-15-20-40-22-24)32-33(34)17-19-37(18-14-23-7-5-4-6-8-23)28(34)21-25-10-11-27(38)31(41-32)30(25)33/h4-12,15,20,22,26,28,32,38H,13-14,16-19,21H2,1-3H3/t26-,28-,32+,33+,34-/m1/s1. The van der Waals surface area contributed by atoms with Crippen molar-refractivity contribution in [2.24, 2.45) is 0 Å². The fourth-order valence-corrected chi connectivity index (χ4v) is 8.93. The SMILES string of the molecule is CN(C(=O)C=Cc1ccoc1)[C@@H]1CC[C@@]2(N(C)C)[C@H]3Cc4ccc(O)c5c4[C@@]2(CCN3CCc2ccccc2)[C@H]1O5. The molecule has 4 aliphatic rings. The average Bonchev–Trinajstić information content (AvgIpc) is 3.63. The number of rotatable bonds is 7. The molecule has 1 saturated heterocycles. The van der Waals surface area contributed by atoms with E-state index in [9.17, 15) is 9.90 Å². The maximum atomic E-state index is 13.5. The molecule has 2 aliphatic carbocycles.